The summed E-state index contributed by atoms with van der Waals surface area (Å²) in [4.78, 5) is 24.7. The van der Waals surface area contributed by atoms with E-state index in [1.165, 1.54) is 12.1 Å². The van der Waals surface area contributed by atoms with E-state index in [0.717, 1.165) is 0 Å². The number of morpholine rings is 1. The lowest BCUT2D eigenvalue weighted by Gasteiger charge is -2.30. The monoisotopic (exact) mass is 309 g/mol. The molecular weight excluding hydrogens is 290 g/mol. The zero-order valence-corrected chi connectivity index (χ0v) is 12.4. The number of nitro benzene ring substituents is 1. The summed E-state index contributed by atoms with van der Waals surface area (Å²) < 4.78 is 10.2. The number of non-ortho nitro benzene ring substituents is 1. The minimum atomic E-state index is -0.505. The molecule has 0 aliphatic carbocycles. The van der Waals surface area contributed by atoms with Gasteiger partial charge in [0.2, 0.25) is 0 Å². The third kappa shape index (κ3) is 3.92. The van der Waals surface area contributed by atoms with E-state index in [2.05, 4.69) is 5.32 Å². The Bertz CT molecular complexity index is 543. The van der Waals surface area contributed by atoms with Crippen molar-refractivity contribution in [2.45, 2.75) is 0 Å². The molecule has 22 heavy (non-hydrogen) atoms. The average molecular weight is 309 g/mol. The Kier molecular flexibility index (Phi) is 5.68. The Morgan fingerprint density at radius 2 is 2.18 bits per heavy atom. The van der Waals surface area contributed by atoms with Crippen molar-refractivity contribution in [3.8, 4) is 0 Å². The van der Waals surface area contributed by atoms with Crippen LogP contribution in [0, 0.1) is 10.1 Å². The summed E-state index contributed by atoms with van der Waals surface area (Å²) in [5, 5.41) is 13.6. The van der Waals surface area contributed by atoms with Crippen LogP contribution in [0.2, 0.25) is 0 Å². The standard InChI is InChI=1S/C14H19N3O5/c1-21-7-4-15-14(18)12-10-11(17(19)20)2-3-13(12)16-5-8-22-9-6-16/h2-3,10H,4-9H2,1H3,(H,15,18). The fourth-order valence-corrected chi connectivity index (χ4v) is 2.26. The fourth-order valence-electron chi connectivity index (χ4n) is 2.26. The number of nitrogens with one attached hydrogen (secondary N) is 1. The normalized spacial score (nSPS) is 14.7. The Balaban J connectivity index is 2.26. The third-order valence-corrected chi connectivity index (χ3v) is 3.38. The van der Waals surface area contributed by atoms with Gasteiger partial charge in [-0.15, -0.1) is 0 Å². The number of anilines is 1. The maximum Gasteiger partial charge on any atom is 0.270 e. The van der Waals surface area contributed by atoms with E-state index in [1.54, 1.807) is 13.2 Å². The molecule has 1 aromatic carbocycles. The molecule has 0 atom stereocenters. The number of ether oxygens (including phenoxy) is 2. The second-order valence-electron chi connectivity index (χ2n) is 4.81. The van der Waals surface area contributed by atoms with Crippen LogP contribution >= 0.6 is 0 Å². The van der Waals surface area contributed by atoms with Crippen molar-refractivity contribution in [1.82, 2.24) is 5.32 Å². The van der Waals surface area contributed by atoms with Gasteiger partial charge in [-0.25, -0.2) is 0 Å². The minimum Gasteiger partial charge on any atom is -0.383 e. The quantitative estimate of drug-likeness (QED) is 0.475. The number of amides is 1. The number of carbonyl (C=O) groups is 1. The van der Waals surface area contributed by atoms with Gasteiger partial charge in [0.1, 0.15) is 0 Å². The van der Waals surface area contributed by atoms with Crippen molar-refractivity contribution in [2.75, 3.05) is 51.5 Å². The van der Waals surface area contributed by atoms with E-state index in [0.29, 0.717) is 50.7 Å². The Hall–Kier alpha value is -2.19. The summed E-state index contributed by atoms with van der Waals surface area (Å²) in [7, 11) is 1.54. The van der Waals surface area contributed by atoms with Crippen LogP contribution in [0.3, 0.4) is 0 Å². The van der Waals surface area contributed by atoms with Gasteiger partial charge >= 0.3 is 0 Å². The molecule has 1 aromatic rings. The van der Waals surface area contributed by atoms with Crippen LogP contribution < -0.4 is 10.2 Å². The smallest absolute Gasteiger partial charge is 0.270 e. The van der Waals surface area contributed by atoms with Crippen LogP contribution in [0.15, 0.2) is 18.2 Å². The molecule has 8 nitrogen and oxygen atoms in total. The van der Waals surface area contributed by atoms with Crippen LogP contribution in [0.4, 0.5) is 11.4 Å². The molecule has 2 rings (SSSR count). The van der Waals surface area contributed by atoms with Gasteiger partial charge in [0, 0.05) is 38.9 Å². The second-order valence-corrected chi connectivity index (χ2v) is 4.81. The van der Waals surface area contributed by atoms with Crippen LogP contribution in [0.1, 0.15) is 10.4 Å². The van der Waals surface area contributed by atoms with E-state index in [1.807, 2.05) is 4.90 Å². The summed E-state index contributed by atoms with van der Waals surface area (Å²) in [6.45, 7) is 3.17. The van der Waals surface area contributed by atoms with Crippen molar-refractivity contribution >= 4 is 17.3 Å². The number of hydrogen-bond acceptors (Lipinski definition) is 6. The molecule has 0 bridgehead atoms. The van der Waals surface area contributed by atoms with Gasteiger partial charge < -0.3 is 19.7 Å². The molecule has 120 valence electrons. The SMILES string of the molecule is COCCNC(=O)c1cc([N+](=O)[O-])ccc1N1CCOCC1. The lowest BCUT2D eigenvalue weighted by Crippen LogP contribution is -2.38. The van der Waals surface area contributed by atoms with Crippen molar-refractivity contribution in [3.63, 3.8) is 0 Å². The first-order valence-electron chi connectivity index (χ1n) is 7.01. The molecule has 1 saturated heterocycles. The third-order valence-electron chi connectivity index (χ3n) is 3.38. The van der Waals surface area contributed by atoms with Gasteiger partial charge in [0.05, 0.1) is 36.0 Å². The fraction of sp³-hybridized carbons (Fsp3) is 0.500. The average Bonchev–Trinajstić information content (AvgIpc) is 2.55. The predicted octanol–water partition coefficient (Wildman–Crippen LogP) is 0.808. The van der Waals surface area contributed by atoms with Crippen molar-refractivity contribution in [3.05, 3.63) is 33.9 Å². The lowest BCUT2D eigenvalue weighted by molar-refractivity contribution is -0.384. The Morgan fingerprint density at radius 1 is 1.45 bits per heavy atom. The van der Waals surface area contributed by atoms with Gasteiger partial charge in [-0.2, -0.15) is 0 Å². The summed E-state index contributed by atoms with van der Waals surface area (Å²) >= 11 is 0. The van der Waals surface area contributed by atoms with E-state index in [9.17, 15) is 14.9 Å². The van der Waals surface area contributed by atoms with Crippen LogP contribution in [-0.4, -0.2) is 57.4 Å². The van der Waals surface area contributed by atoms with Gasteiger partial charge in [0.15, 0.2) is 0 Å². The largest absolute Gasteiger partial charge is 0.383 e. The lowest BCUT2D eigenvalue weighted by atomic mass is 10.1. The van der Waals surface area contributed by atoms with Gasteiger partial charge in [-0.05, 0) is 6.07 Å². The van der Waals surface area contributed by atoms with Crippen LogP contribution in [0.25, 0.3) is 0 Å². The Morgan fingerprint density at radius 3 is 2.82 bits per heavy atom. The number of nitrogens with zero attached hydrogens (tertiary/aromatic N) is 2. The number of hydrogen-bond donors (Lipinski definition) is 1. The molecule has 1 heterocycles. The molecule has 0 spiro atoms. The van der Waals surface area contributed by atoms with E-state index in [4.69, 9.17) is 9.47 Å². The summed E-state index contributed by atoms with van der Waals surface area (Å²) in [5.74, 6) is -0.345. The molecule has 1 fully saturated rings. The summed E-state index contributed by atoms with van der Waals surface area (Å²) in [6.07, 6.45) is 0. The second kappa shape index (κ2) is 7.71. The van der Waals surface area contributed by atoms with E-state index in [-0.39, 0.29) is 11.6 Å². The first-order valence-corrected chi connectivity index (χ1v) is 7.01. The summed E-state index contributed by atoms with van der Waals surface area (Å²) in [5.41, 5.74) is 0.880. The number of nitro groups is 1. The number of methoxy groups -OCH3 is 1. The highest BCUT2D eigenvalue weighted by molar-refractivity contribution is 6.00. The van der Waals surface area contributed by atoms with Crippen LogP contribution in [0.5, 0.6) is 0 Å². The van der Waals surface area contributed by atoms with Crippen molar-refractivity contribution in [2.24, 2.45) is 0 Å². The maximum atomic E-state index is 12.3. The molecular formula is C14H19N3O5. The number of benzene rings is 1. The van der Waals surface area contributed by atoms with Crippen molar-refractivity contribution < 1.29 is 19.2 Å². The number of rotatable bonds is 6. The molecule has 1 amide bonds. The number of carbonyl (C=O) groups excluding carboxylic acids is 1. The molecule has 0 unspecified atom stereocenters. The van der Waals surface area contributed by atoms with E-state index < -0.39 is 4.92 Å². The molecule has 0 radical (unpaired) electrons. The van der Waals surface area contributed by atoms with Gasteiger partial charge in [-0.1, -0.05) is 0 Å². The zero-order valence-electron chi connectivity index (χ0n) is 12.4. The molecule has 8 heteroatoms. The maximum absolute atomic E-state index is 12.3. The minimum absolute atomic E-state index is 0.103. The highest BCUT2D eigenvalue weighted by Gasteiger charge is 2.21. The summed E-state index contributed by atoms with van der Waals surface area (Å²) in [6, 6.07) is 4.35. The molecule has 0 aromatic heterocycles. The zero-order chi connectivity index (χ0) is 15.9. The molecule has 1 aliphatic heterocycles. The highest BCUT2D eigenvalue weighted by Crippen LogP contribution is 2.26. The van der Waals surface area contributed by atoms with Gasteiger partial charge in [-0.3, -0.25) is 14.9 Å². The molecule has 0 saturated carbocycles. The topological polar surface area (TPSA) is 93.9 Å². The predicted molar refractivity (Wildman–Crippen MR) is 80.3 cm³/mol. The molecule has 1 aliphatic rings. The van der Waals surface area contributed by atoms with Crippen molar-refractivity contribution in [1.29, 1.82) is 0 Å². The first-order chi connectivity index (χ1) is 10.6. The highest BCUT2D eigenvalue weighted by atomic mass is 16.6. The molecule has 1 N–H and O–H groups in total. The van der Waals surface area contributed by atoms with E-state index >= 15 is 0 Å². The Labute approximate surface area is 128 Å². The first kappa shape index (κ1) is 16.2. The van der Waals surface area contributed by atoms with Gasteiger partial charge in [0.25, 0.3) is 11.6 Å². The van der Waals surface area contributed by atoms with Crippen LogP contribution in [-0.2, 0) is 9.47 Å².